The van der Waals surface area contributed by atoms with Gasteiger partial charge in [-0.05, 0) is 17.7 Å². The van der Waals surface area contributed by atoms with E-state index in [2.05, 4.69) is 20.8 Å². The first kappa shape index (κ1) is 22.7. The van der Waals surface area contributed by atoms with Crippen molar-refractivity contribution >= 4 is 40.0 Å². The van der Waals surface area contributed by atoms with Crippen LogP contribution in [-0.4, -0.2) is 33.8 Å². The Bertz CT molecular complexity index is 1180. The lowest BCUT2D eigenvalue weighted by atomic mass is 10.1. The second kappa shape index (κ2) is 11.4. The van der Waals surface area contributed by atoms with Crippen LogP contribution in [0.3, 0.4) is 0 Å². The Morgan fingerprint density at radius 3 is 2.18 bits per heavy atom. The lowest BCUT2D eigenvalue weighted by molar-refractivity contribution is -0.124. The van der Waals surface area contributed by atoms with Crippen molar-refractivity contribution < 1.29 is 9.59 Å². The summed E-state index contributed by atoms with van der Waals surface area (Å²) in [6.45, 7) is 0. The van der Waals surface area contributed by atoms with Crippen LogP contribution in [0.15, 0.2) is 95.9 Å². The molecule has 0 saturated heterocycles. The number of nitrogens with zero attached hydrogens (tertiary/aromatic N) is 2. The molecule has 6 nitrogen and oxygen atoms in total. The largest absolute Gasteiger partial charge is 0.343 e. The molecule has 1 aromatic heterocycles. The topological polar surface area (TPSA) is 84.0 Å². The number of anilines is 1. The Labute approximate surface area is 200 Å². The van der Waals surface area contributed by atoms with Gasteiger partial charge in [0.15, 0.2) is 0 Å². The van der Waals surface area contributed by atoms with Crippen LogP contribution < -0.4 is 10.6 Å². The smallest absolute Gasteiger partial charge is 0.249 e. The van der Waals surface area contributed by atoms with E-state index in [0.29, 0.717) is 16.6 Å². The predicted molar refractivity (Wildman–Crippen MR) is 133 cm³/mol. The number of benzene rings is 3. The summed E-state index contributed by atoms with van der Waals surface area (Å²) in [5.41, 5.74) is 1.89. The minimum atomic E-state index is -0.736. The molecule has 0 aliphatic carbocycles. The summed E-state index contributed by atoms with van der Waals surface area (Å²) in [6, 6.07) is 28.2. The number of hydrogen-bond acceptors (Lipinski definition) is 6. The van der Waals surface area contributed by atoms with Gasteiger partial charge in [-0.2, -0.15) is 0 Å². The van der Waals surface area contributed by atoms with E-state index in [9.17, 15) is 9.59 Å². The maximum absolute atomic E-state index is 13.1. The molecular weight excluding hydrogens is 452 g/mol. The van der Waals surface area contributed by atoms with Crippen LogP contribution in [0.4, 0.5) is 5.13 Å². The zero-order valence-corrected chi connectivity index (χ0v) is 19.3. The van der Waals surface area contributed by atoms with Gasteiger partial charge in [0.05, 0.1) is 5.75 Å². The average molecular weight is 475 g/mol. The Hall–Kier alpha value is -3.49. The van der Waals surface area contributed by atoms with Crippen molar-refractivity contribution in [1.82, 2.24) is 15.5 Å². The first-order valence-corrected chi connectivity index (χ1v) is 12.2. The van der Waals surface area contributed by atoms with Crippen LogP contribution >= 0.6 is 23.1 Å². The SMILES string of the molecule is O=C(CSc1ccccc1)NC(Cc1ccccc1)C(=O)Nc1nnc(-c2ccccc2)s1. The summed E-state index contributed by atoms with van der Waals surface area (Å²) >= 11 is 2.72. The predicted octanol–water partition coefficient (Wildman–Crippen LogP) is 4.66. The number of carbonyl (C=O) groups is 2. The Morgan fingerprint density at radius 2 is 1.48 bits per heavy atom. The van der Waals surface area contributed by atoms with Crippen LogP contribution in [0.25, 0.3) is 10.6 Å². The highest BCUT2D eigenvalue weighted by molar-refractivity contribution is 8.00. The number of carbonyl (C=O) groups excluding carboxylic acids is 2. The van der Waals surface area contributed by atoms with E-state index in [-0.39, 0.29) is 17.6 Å². The fourth-order valence-corrected chi connectivity index (χ4v) is 4.61. The standard InChI is InChI=1S/C25H22N4O2S2/c30-22(17-32-20-14-8-3-9-15-20)26-21(16-18-10-4-1-5-11-18)23(31)27-25-29-28-24(33-25)19-12-6-2-7-13-19/h1-15,21H,16-17H2,(H,26,30)(H,27,29,31). The number of rotatable bonds is 9. The highest BCUT2D eigenvalue weighted by Crippen LogP contribution is 2.26. The quantitative estimate of drug-likeness (QED) is 0.345. The van der Waals surface area contributed by atoms with Crippen molar-refractivity contribution in [3.05, 3.63) is 96.6 Å². The van der Waals surface area contributed by atoms with Crippen molar-refractivity contribution in [2.24, 2.45) is 0 Å². The van der Waals surface area contributed by atoms with Gasteiger partial charge in [0.25, 0.3) is 0 Å². The van der Waals surface area contributed by atoms with Gasteiger partial charge in [-0.1, -0.05) is 90.2 Å². The van der Waals surface area contributed by atoms with E-state index in [1.807, 2.05) is 91.0 Å². The monoisotopic (exact) mass is 474 g/mol. The van der Waals surface area contributed by atoms with Crippen molar-refractivity contribution in [2.75, 3.05) is 11.1 Å². The lowest BCUT2D eigenvalue weighted by Crippen LogP contribution is -2.46. The summed E-state index contributed by atoms with van der Waals surface area (Å²) in [6.07, 6.45) is 0.374. The average Bonchev–Trinajstić information content (AvgIpc) is 3.33. The summed E-state index contributed by atoms with van der Waals surface area (Å²) in [5.74, 6) is -0.311. The van der Waals surface area contributed by atoms with Gasteiger partial charge in [0.1, 0.15) is 11.0 Å². The molecule has 1 unspecified atom stereocenters. The van der Waals surface area contributed by atoms with Gasteiger partial charge in [0, 0.05) is 16.9 Å². The number of nitrogens with one attached hydrogen (secondary N) is 2. The van der Waals surface area contributed by atoms with Crippen LogP contribution in [0.5, 0.6) is 0 Å². The highest BCUT2D eigenvalue weighted by atomic mass is 32.2. The number of thioether (sulfide) groups is 1. The van der Waals surface area contributed by atoms with Crippen molar-refractivity contribution in [2.45, 2.75) is 17.4 Å². The Morgan fingerprint density at radius 1 is 0.848 bits per heavy atom. The molecule has 3 aromatic carbocycles. The van der Waals surface area contributed by atoms with E-state index in [0.717, 1.165) is 16.0 Å². The number of aromatic nitrogens is 2. The summed E-state index contributed by atoms with van der Waals surface area (Å²) in [4.78, 5) is 26.7. The zero-order chi connectivity index (χ0) is 22.9. The minimum Gasteiger partial charge on any atom is -0.343 e. The second-order valence-electron chi connectivity index (χ2n) is 7.18. The molecule has 2 N–H and O–H groups in total. The van der Waals surface area contributed by atoms with E-state index < -0.39 is 6.04 Å². The van der Waals surface area contributed by atoms with E-state index in [1.54, 1.807) is 0 Å². The van der Waals surface area contributed by atoms with Gasteiger partial charge in [0.2, 0.25) is 16.9 Å². The Balaban J connectivity index is 1.42. The maximum Gasteiger partial charge on any atom is 0.249 e. The molecule has 0 spiro atoms. The molecule has 4 aromatic rings. The normalized spacial score (nSPS) is 11.5. The van der Waals surface area contributed by atoms with Crippen LogP contribution in [0, 0.1) is 0 Å². The molecule has 8 heteroatoms. The molecule has 33 heavy (non-hydrogen) atoms. The molecule has 0 radical (unpaired) electrons. The molecule has 2 amide bonds. The van der Waals surface area contributed by atoms with E-state index >= 15 is 0 Å². The maximum atomic E-state index is 13.1. The molecule has 0 fully saturated rings. The van der Waals surface area contributed by atoms with Gasteiger partial charge in [-0.25, -0.2) is 0 Å². The third-order valence-corrected chi connectivity index (χ3v) is 6.62. The first-order chi connectivity index (χ1) is 16.2. The highest BCUT2D eigenvalue weighted by Gasteiger charge is 2.23. The van der Waals surface area contributed by atoms with Crippen LogP contribution in [-0.2, 0) is 16.0 Å². The third kappa shape index (κ3) is 6.74. The second-order valence-corrected chi connectivity index (χ2v) is 9.21. The van der Waals surface area contributed by atoms with Crippen LogP contribution in [0.2, 0.25) is 0 Å². The Kier molecular flexibility index (Phi) is 7.84. The molecule has 0 aliphatic heterocycles. The van der Waals surface area contributed by atoms with Gasteiger partial charge in [-0.15, -0.1) is 22.0 Å². The molecule has 0 bridgehead atoms. The van der Waals surface area contributed by atoms with Crippen molar-refractivity contribution in [1.29, 1.82) is 0 Å². The van der Waals surface area contributed by atoms with Crippen molar-refractivity contribution in [3.8, 4) is 10.6 Å². The first-order valence-electron chi connectivity index (χ1n) is 10.4. The summed E-state index contributed by atoms with van der Waals surface area (Å²) in [7, 11) is 0. The summed E-state index contributed by atoms with van der Waals surface area (Å²) in [5, 5.41) is 15.1. The molecule has 0 aliphatic rings. The fourth-order valence-electron chi connectivity index (χ4n) is 3.12. The molecule has 0 saturated carbocycles. The van der Waals surface area contributed by atoms with E-state index in [4.69, 9.17) is 0 Å². The number of hydrogen-bond donors (Lipinski definition) is 2. The molecule has 1 heterocycles. The van der Waals surface area contributed by atoms with Gasteiger partial charge < -0.3 is 5.32 Å². The molecule has 1 atom stereocenters. The fraction of sp³-hybridized carbons (Fsp3) is 0.120. The van der Waals surface area contributed by atoms with Gasteiger partial charge >= 0.3 is 0 Å². The van der Waals surface area contributed by atoms with Crippen molar-refractivity contribution in [3.63, 3.8) is 0 Å². The minimum absolute atomic E-state index is 0.206. The molecule has 4 rings (SSSR count). The number of amides is 2. The van der Waals surface area contributed by atoms with E-state index in [1.165, 1.54) is 23.1 Å². The molecular formula is C25H22N4O2S2. The summed E-state index contributed by atoms with van der Waals surface area (Å²) < 4.78 is 0. The zero-order valence-electron chi connectivity index (χ0n) is 17.7. The van der Waals surface area contributed by atoms with Gasteiger partial charge in [-0.3, -0.25) is 14.9 Å². The van der Waals surface area contributed by atoms with Crippen LogP contribution in [0.1, 0.15) is 5.56 Å². The third-order valence-electron chi connectivity index (χ3n) is 4.72. The lowest BCUT2D eigenvalue weighted by Gasteiger charge is -2.18. The molecule has 166 valence electrons.